The highest BCUT2D eigenvalue weighted by Gasteiger charge is 2.21. The fraction of sp³-hybridized carbons (Fsp3) is 0. The molecule has 48 heavy (non-hydrogen) atoms. The molecule has 0 saturated carbocycles. The summed E-state index contributed by atoms with van der Waals surface area (Å²) < 4.78 is 6.42. The lowest BCUT2D eigenvalue weighted by molar-refractivity contribution is 0.669. The minimum Gasteiger partial charge on any atom is -0.456 e. The van der Waals surface area contributed by atoms with Crippen molar-refractivity contribution in [3.8, 4) is 11.1 Å². The van der Waals surface area contributed by atoms with Crippen LogP contribution in [0.25, 0.3) is 76.2 Å². The first-order valence-corrected chi connectivity index (χ1v) is 16.4. The van der Waals surface area contributed by atoms with Crippen molar-refractivity contribution in [2.45, 2.75) is 0 Å². The summed E-state index contributed by atoms with van der Waals surface area (Å²) in [6.45, 7) is 0. The first kappa shape index (κ1) is 26.8. The molecule has 0 N–H and O–H groups in total. The number of benzene rings is 9. The van der Waals surface area contributed by atoms with Crippen LogP contribution in [0.1, 0.15) is 0 Å². The van der Waals surface area contributed by atoms with Gasteiger partial charge in [0.1, 0.15) is 11.2 Å². The lowest BCUT2D eigenvalue weighted by Gasteiger charge is -2.29. The van der Waals surface area contributed by atoms with E-state index < -0.39 is 0 Å². The number of anilines is 3. The van der Waals surface area contributed by atoms with Gasteiger partial charge in [-0.15, -0.1) is 0 Å². The predicted octanol–water partition coefficient (Wildman–Crippen LogP) is 13.3. The SMILES string of the molecule is c1ccc(-c2ccc(N(c3cccc4cc5c(cc34)oc3ccccc35)c3cc4ccc5ccccc5c4c4ccccc34)cc2)cc1. The number of hydrogen-bond acceptors (Lipinski definition) is 2. The average Bonchev–Trinajstić information content (AvgIpc) is 3.52. The standard InChI is InChI=1S/C46H29NO/c1-2-11-30(12-3-1)31-23-25-35(26-24-31)47(42-19-10-14-33-27-41-38-17-8-9-20-44(38)48-45(41)29-40(33)42)43-28-34-22-21-32-13-4-5-15-36(32)46(34)39-18-7-6-16-37(39)43/h1-29H. The topological polar surface area (TPSA) is 16.4 Å². The van der Waals surface area contributed by atoms with E-state index >= 15 is 0 Å². The Hall–Kier alpha value is -6.38. The maximum Gasteiger partial charge on any atom is 0.136 e. The van der Waals surface area contributed by atoms with Crippen LogP contribution in [0.5, 0.6) is 0 Å². The lowest BCUT2D eigenvalue weighted by Crippen LogP contribution is -2.11. The maximum atomic E-state index is 6.42. The molecule has 1 aromatic heterocycles. The minimum absolute atomic E-state index is 0.894. The third-order valence-corrected chi connectivity index (χ3v) is 9.79. The van der Waals surface area contributed by atoms with Gasteiger partial charge in [-0.2, -0.15) is 0 Å². The van der Waals surface area contributed by atoms with Gasteiger partial charge in [0.05, 0.1) is 11.4 Å². The number of para-hydroxylation sites is 1. The van der Waals surface area contributed by atoms with E-state index in [9.17, 15) is 0 Å². The van der Waals surface area contributed by atoms with Crippen LogP contribution in [0.2, 0.25) is 0 Å². The molecule has 0 radical (unpaired) electrons. The summed E-state index contributed by atoms with van der Waals surface area (Å²) in [6.07, 6.45) is 0. The van der Waals surface area contributed by atoms with Gasteiger partial charge in [0.25, 0.3) is 0 Å². The van der Waals surface area contributed by atoms with E-state index in [2.05, 4.69) is 169 Å². The Bertz CT molecular complexity index is 2830. The smallest absolute Gasteiger partial charge is 0.136 e. The van der Waals surface area contributed by atoms with Gasteiger partial charge in [-0.05, 0) is 85.9 Å². The van der Waals surface area contributed by atoms with Crippen molar-refractivity contribution < 1.29 is 4.42 Å². The van der Waals surface area contributed by atoms with Crippen LogP contribution in [-0.2, 0) is 0 Å². The molecule has 0 bridgehead atoms. The Morgan fingerprint density at radius 3 is 1.85 bits per heavy atom. The molecule has 9 aromatic carbocycles. The minimum atomic E-state index is 0.894. The van der Waals surface area contributed by atoms with E-state index in [1.54, 1.807) is 0 Å². The highest BCUT2D eigenvalue weighted by Crippen LogP contribution is 2.46. The van der Waals surface area contributed by atoms with Crippen molar-refractivity contribution in [1.82, 2.24) is 0 Å². The highest BCUT2D eigenvalue weighted by molar-refractivity contribution is 6.24. The molecular weight excluding hydrogens is 583 g/mol. The summed E-state index contributed by atoms with van der Waals surface area (Å²) in [4.78, 5) is 2.43. The van der Waals surface area contributed by atoms with Crippen LogP contribution >= 0.6 is 0 Å². The monoisotopic (exact) mass is 611 g/mol. The van der Waals surface area contributed by atoms with E-state index in [-0.39, 0.29) is 0 Å². The Balaban J connectivity index is 1.28. The van der Waals surface area contributed by atoms with Gasteiger partial charge in [-0.1, -0.05) is 133 Å². The Kier molecular flexibility index (Phi) is 5.91. The number of furan rings is 1. The van der Waals surface area contributed by atoms with Gasteiger partial charge < -0.3 is 9.32 Å². The van der Waals surface area contributed by atoms with Crippen LogP contribution in [0, 0.1) is 0 Å². The zero-order valence-corrected chi connectivity index (χ0v) is 26.1. The molecule has 0 spiro atoms. The van der Waals surface area contributed by atoms with Gasteiger partial charge >= 0.3 is 0 Å². The van der Waals surface area contributed by atoms with E-state index in [4.69, 9.17) is 4.42 Å². The van der Waals surface area contributed by atoms with Gasteiger partial charge in [-0.25, -0.2) is 0 Å². The molecule has 0 atom stereocenters. The van der Waals surface area contributed by atoms with Gasteiger partial charge in [0, 0.05) is 27.2 Å². The van der Waals surface area contributed by atoms with E-state index in [1.807, 2.05) is 12.1 Å². The molecule has 224 valence electrons. The summed E-state index contributed by atoms with van der Waals surface area (Å²) >= 11 is 0. The van der Waals surface area contributed by atoms with E-state index in [1.165, 1.54) is 48.8 Å². The molecule has 2 heteroatoms. The van der Waals surface area contributed by atoms with Gasteiger partial charge in [0.15, 0.2) is 0 Å². The Labute approximate surface area is 277 Å². The summed E-state index contributed by atoms with van der Waals surface area (Å²) in [5.41, 5.74) is 7.53. The van der Waals surface area contributed by atoms with Crippen LogP contribution in [0.15, 0.2) is 180 Å². The highest BCUT2D eigenvalue weighted by atomic mass is 16.3. The molecule has 0 aliphatic rings. The second-order valence-electron chi connectivity index (χ2n) is 12.5. The Morgan fingerprint density at radius 1 is 0.333 bits per heavy atom. The molecule has 0 aliphatic carbocycles. The summed E-state index contributed by atoms with van der Waals surface area (Å²) in [5.74, 6) is 0. The lowest BCUT2D eigenvalue weighted by atomic mass is 9.94. The van der Waals surface area contributed by atoms with Crippen molar-refractivity contribution in [3.63, 3.8) is 0 Å². The Morgan fingerprint density at radius 2 is 1.00 bits per heavy atom. The molecule has 0 fully saturated rings. The summed E-state index contributed by atoms with van der Waals surface area (Å²) in [5, 5.41) is 12.1. The maximum absolute atomic E-state index is 6.42. The second-order valence-corrected chi connectivity index (χ2v) is 12.5. The number of fused-ring (bicyclic) bond motifs is 9. The fourth-order valence-electron chi connectivity index (χ4n) is 7.56. The molecule has 1 heterocycles. The third kappa shape index (κ3) is 4.13. The molecular formula is C46H29NO. The predicted molar refractivity (Wildman–Crippen MR) is 204 cm³/mol. The fourth-order valence-corrected chi connectivity index (χ4v) is 7.56. The summed E-state index contributed by atoms with van der Waals surface area (Å²) in [7, 11) is 0. The van der Waals surface area contributed by atoms with Crippen molar-refractivity contribution in [2.75, 3.05) is 4.90 Å². The molecule has 10 aromatic rings. The number of hydrogen-bond donors (Lipinski definition) is 0. The van der Waals surface area contributed by atoms with Gasteiger partial charge in [-0.3, -0.25) is 0 Å². The van der Waals surface area contributed by atoms with Crippen molar-refractivity contribution in [3.05, 3.63) is 176 Å². The molecule has 0 saturated heterocycles. The second kappa shape index (κ2) is 10.6. The first-order chi connectivity index (χ1) is 23.8. The molecule has 10 rings (SSSR count). The third-order valence-electron chi connectivity index (χ3n) is 9.79. The van der Waals surface area contributed by atoms with Crippen LogP contribution in [0.3, 0.4) is 0 Å². The first-order valence-electron chi connectivity index (χ1n) is 16.4. The normalized spacial score (nSPS) is 11.8. The zero-order valence-electron chi connectivity index (χ0n) is 26.1. The summed E-state index contributed by atoms with van der Waals surface area (Å²) in [6, 6.07) is 63.4. The average molecular weight is 612 g/mol. The molecule has 0 amide bonds. The molecule has 2 nitrogen and oxygen atoms in total. The van der Waals surface area contributed by atoms with Crippen LogP contribution < -0.4 is 4.90 Å². The molecule has 0 aliphatic heterocycles. The van der Waals surface area contributed by atoms with Crippen LogP contribution in [0.4, 0.5) is 17.1 Å². The van der Waals surface area contributed by atoms with Crippen molar-refractivity contribution in [1.29, 1.82) is 0 Å². The van der Waals surface area contributed by atoms with Crippen molar-refractivity contribution in [2.24, 2.45) is 0 Å². The largest absolute Gasteiger partial charge is 0.456 e. The quantitative estimate of drug-likeness (QED) is 0.184. The molecule has 0 unspecified atom stereocenters. The van der Waals surface area contributed by atoms with E-state index in [0.29, 0.717) is 0 Å². The van der Waals surface area contributed by atoms with Crippen molar-refractivity contribution >= 4 is 82.1 Å². The van der Waals surface area contributed by atoms with Crippen LogP contribution in [-0.4, -0.2) is 0 Å². The zero-order chi connectivity index (χ0) is 31.6. The number of nitrogens with zero attached hydrogens (tertiary/aromatic N) is 1. The van der Waals surface area contributed by atoms with E-state index in [0.717, 1.165) is 44.4 Å². The van der Waals surface area contributed by atoms with Gasteiger partial charge in [0.2, 0.25) is 0 Å². The number of rotatable bonds is 4.